The SMILES string of the molecule is CC[C@H]1c2cc3[nH]c(c(CC(=O)OC)c4nc(cc5[nH]c(cc(n2)C1C)c(C(C)=O)c5C)C(C)[C@@H]4CCC(=O)NC)c(C(=O)NCCCNCCCN)c3C. The highest BCUT2D eigenvalue weighted by atomic mass is 16.5. The van der Waals surface area contributed by atoms with Crippen molar-refractivity contribution in [2.45, 2.75) is 104 Å². The van der Waals surface area contributed by atoms with Gasteiger partial charge in [0.15, 0.2) is 5.78 Å². The standard InChI is InChI=1S/C42H58N8O5/c1-9-27-22(2)30-21-35-38(26(6)51)24(4)32(48-35)19-31-23(3)28(12-13-36(52)44-7)40(49-31)29(18-37(53)55-8)41-39(25(5)33(50-41)20-34(27)47-30)42(54)46-17-11-16-45-15-10-14-43/h19-23,27-28,45,48,50H,9-18,43H2,1-8H3,(H,44,52)(H,46,54)/t22?,23?,27-,28+/m1/s1. The van der Waals surface area contributed by atoms with E-state index in [4.69, 9.17) is 20.4 Å². The number of nitrogens with two attached hydrogens (primary N) is 1. The number of amides is 2. The monoisotopic (exact) mass is 754 g/mol. The minimum atomic E-state index is -0.485. The van der Waals surface area contributed by atoms with Crippen LogP contribution in [-0.4, -0.2) is 83.8 Å². The van der Waals surface area contributed by atoms with Gasteiger partial charge >= 0.3 is 5.97 Å². The van der Waals surface area contributed by atoms with Gasteiger partial charge in [0, 0.05) is 82.9 Å². The van der Waals surface area contributed by atoms with E-state index in [1.807, 2.05) is 32.0 Å². The summed E-state index contributed by atoms with van der Waals surface area (Å²) in [6, 6.07) is 5.96. The van der Waals surface area contributed by atoms with E-state index in [0.717, 1.165) is 66.1 Å². The third kappa shape index (κ3) is 8.83. The van der Waals surface area contributed by atoms with Gasteiger partial charge in [-0.3, -0.25) is 29.1 Å². The summed E-state index contributed by atoms with van der Waals surface area (Å²) in [4.78, 5) is 70.8. The molecule has 2 aliphatic rings. The molecule has 0 saturated carbocycles. The third-order valence-corrected chi connectivity index (χ3v) is 11.4. The van der Waals surface area contributed by atoms with Gasteiger partial charge in [0.1, 0.15) is 0 Å². The van der Waals surface area contributed by atoms with E-state index in [1.54, 1.807) is 14.0 Å². The first kappa shape index (κ1) is 41.3. The van der Waals surface area contributed by atoms with Crippen LogP contribution in [0.1, 0.15) is 144 Å². The van der Waals surface area contributed by atoms with E-state index >= 15 is 0 Å². The van der Waals surface area contributed by atoms with Crippen LogP contribution in [0.15, 0.2) is 18.2 Å². The van der Waals surface area contributed by atoms with Crippen molar-refractivity contribution in [1.82, 2.24) is 35.9 Å². The summed E-state index contributed by atoms with van der Waals surface area (Å²) in [5.74, 6) is -1.22. The highest BCUT2D eigenvalue weighted by Gasteiger charge is 2.34. The van der Waals surface area contributed by atoms with Crippen LogP contribution < -0.4 is 21.7 Å². The number of aryl methyl sites for hydroxylation is 2. The Hall–Kier alpha value is -4.88. The molecule has 13 nitrogen and oxygen atoms in total. The Morgan fingerprint density at radius 2 is 1.49 bits per heavy atom. The minimum Gasteiger partial charge on any atom is -0.469 e. The summed E-state index contributed by atoms with van der Waals surface area (Å²) < 4.78 is 5.23. The van der Waals surface area contributed by atoms with Crippen molar-refractivity contribution in [2.75, 3.05) is 40.3 Å². The molecule has 296 valence electrons. The number of ketones is 1. The molecule has 2 amide bonds. The minimum absolute atomic E-state index is 0.0553. The highest BCUT2D eigenvalue weighted by molar-refractivity contribution is 6.06. The van der Waals surface area contributed by atoms with E-state index < -0.39 is 5.97 Å². The number of nitrogens with zero attached hydrogens (tertiary/aromatic N) is 2. The highest BCUT2D eigenvalue weighted by Crippen LogP contribution is 2.43. The van der Waals surface area contributed by atoms with Gasteiger partial charge in [-0.15, -0.1) is 0 Å². The lowest BCUT2D eigenvalue weighted by Gasteiger charge is -2.18. The summed E-state index contributed by atoms with van der Waals surface area (Å²) in [5, 5.41) is 9.19. The van der Waals surface area contributed by atoms with Crippen LogP contribution in [0.3, 0.4) is 0 Å². The zero-order chi connectivity index (χ0) is 40.0. The van der Waals surface area contributed by atoms with Crippen LogP contribution in [0.4, 0.5) is 0 Å². The molecule has 0 spiro atoms. The number of hydrogen-bond acceptors (Lipinski definition) is 9. The quantitative estimate of drug-likeness (QED) is 0.0648. The zero-order valence-corrected chi connectivity index (χ0v) is 33.6. The Bertz CT molecular complexity index is 2100. The van der Waals surface area contributed by atoms with E-state index in [9.17, 15) is 19.2 Å². The predicted molar refractivity (Wildman–Crippen MR) is 216 cm³/mol. The van der Waals surface area contributed by atoms with Crippen molar-refractivity contribution in [3.05, 3.63) is 68.8 Å². The average Bonchev–Trinajstić information content (AvgIpc) is 3.85. The molecule has 13 heteroatoms. The second-order valence-electron chi connectivity index (χ2n) is 14.9. The van der Waals surface area contributed by atoms with E-state index in [-0.39, 0.29) is 54.1 Å². The van der Waals surface area contributed by atoms with Gasteiger partial charge in [0.25, 0.3) is 5.91 Å². The van der Waals surface area contributed by atoms with Gasteiger partial charge in [-0.2, -0.15) is 0 Å². The molecule has 0 aromatic carbocycles. The summed E-state index contributed by atoms with van der Waals surface area (Å²) in [5.41, 5.74) is 14.4. The number of aromatic amines is 2. The number of methoxy groups -OCH3 is 1. The molecular weight excluding hydrogens is 697 g/mol. The van der Waals surface area contributed by atoms with Gasteiger partial charge < -0.3 is 36.4 Å². The van der Waals surface area contributed by atoms with Crippen LogP contribution >= 0.6 is 0 Å². The number of H-pyrrole nitrogens is 2. The molecule has 0 radical (unpaired) electrons. The second-order valence-corrected chi connectivity index (χ2v) is 14.9. The lowest BCUT2D eigenvalue weighted by molar-refractivity contribution is -0.139. The van der Waals surface area contributed by atoms with E-state index in [2.05, 4.69) is 46.7 Å². The van der Waals surface area contributed by atoms with E-state index in [1.165, 1.54) is 7.11 Å². The number of aromatic nitrogens is 4. The van der Waals surface area contributed by atoms with Crippen molar-refractivity contribution in [3.8, 4) is 0 Å². The summed E-state index contributed by atoms with van der Waals surface area (Å²) in [6.07, 6.45) is 2.97. The van der Waals surface area contributed by atoms with Crippen molar-refractivity contribution < 1.29 is 23.9 Å². The van der Waals surface area contributed by atoms with Crippen LogP contribution in [0.5, 0.6) is 0 Å². The predicted octanol–water partition coefficient (Wildman–Crippen LogP) is 5.62. The zero-order valence-electron chi connectivity index (χ0n) is 33.6. The molecule has 5 rings (SSSR count). The van der Waals surface area contributed by atoms with Crippen molar-refractivity contribution in [3.63, 3.8) is 0 Å². The smallest absolute Gasteiger partial charge is 0.310 e. The molecule has 0 fully saturated rings. The fraction of sp³-hybridized carbons (Fsp3) is 0.524. The Morgan fingerprint density at radius 1 is 0.855 bits per heavy atom. The molecule has 55 heavy (non-hydrogen) atoms. The maximum Gasteiger partial charge on any atom is 0.310 e. The lowest BCUT2D eigenvalue weighted by Crippen LogP contribution is -2.28. The molecule has 0 saturated heterocycles. The first-order chi connectivity index (χ1) is 26.3. The molecule has 7 N–H and O–H groups in total. The van der Waals surface area contributed by atoms with Crippen LogP contribution in [0.25, 0.3) is 22.1 Å². The Kier molecular flexibility index (Phi) is 13.6. The largest absolute Gasteiger partial charge is 0.469 e. The molecule has 0 aliphatic carbocycles. The second kappa shape index (κ2) is 18.2. The number of rotatable bonds is 15. The van der Waals surface area contributed by atoms with Crippen molar-refractivity contribution in [1.29, 1.82) is 0 Å². The molecule has 2 aliphatic heterocycles. The van der Waals surface area contributed by atoms with Gasteiger partial charge in [0.2, 0.25) is 5.91 Å². The van der Waals surface area contributed by atoms with Crippen LogP contribution in [-0.2, 0) is 20.7 Å². The number of ether oxygens (including phenoxy) is 1. The number of hydrogen-bond donors (Lipinski definition) is 6. The summed E-state index contributed by atoms with van der Waals surface area (Å²) in [7, 11) is 2.95. The molecule has 8 bridgehead atoms. The topological polar surface area (TPSA) is 197 Å². The number of carbonyl (C=O) groups is 4. The van der Waals surface area contributed by atoms with Crippen LogP contribution in [0, 0.1) is 13.8 Å². The summed E-state index contributed by atoms with van der Waals surface area (Å²) in [6.45, 7) is 14.4. The first-order valence-corrected chi connectivity index (χ1v) is 19.6. The van der Waals surface area contributed by atoms with Gasteiger partial charge in [0.05, 0.1) is 35.8 Å². The fourth-order valence-electron chi connectivity index (χ4n) is 8.12. The lowest BCUT2D eigenvalue weighted by atomic mass is 9.85. The van der Waals surface area contributed by atoms with Crippen LogP contribution in [0.2, 0.25) is 0 Å². The van der Waals surface area contributed by atoms with Gasteiger partial charge in [-0.25, -0.2) is 0 Å². The number of fused-ring (bicyclic) bond motifs is 8. The van der Waals surface area contributed by atoms with Crippen molar-refractivity contribution in [2.24, 2.45) is 5.73 Å². The Balaban J connectivity index is 1.88. The average molecular weight is 755 g/mol. The Labute approximate surface area is 323 Å². The molecular formula is C42H58N8O5. The third-order valence-electron chi connectivity index (χ3n) is 11.4. The molecule has 3 aromatic heterocycles. The number of carbonyl (C=O) groups excluding carboxylic acids is 4. The fourth-order valence-corrected chi connectivity index (χ4v) is 8.12. The maximum atomic E-state index is 14.3. The number of nitrogens with one attached hydrogen (secondary N) is 5. The molecule has 2 unspecified atom stereocenters. The molecule has 5 heterocycles. The number of Topliss-reactive ketones (excluding diaryl/α,β-unsaturated/α-hetero) is 1. The van der Waals surface area contributed by atoms with E-state index in [0.29, 0.717) is 58.4 Å². The summed E-state index contributed by atoms with van der Waals surface area (Å²) >= 11 is 0. The maximum absolute atomic E-state index is 14.3. The van der Waals surface area contributed by atoms with Crippen molar-refractivity contribution >= 4 is 45.6 Å². The number of esters is 1. The van der Waals surface area contributed by atoms with Gasteiger partial charge in [-0.05, 0) is 95.4 Å². The molecule has 4 atom stereocenters. The molecule has 3 aromatic rings. The normalized spacial score (nSPS) is 17.9. The Morgan fingerprint density at radius 3 is 2.16 bits per heavy atom. The van der Waals surface area contributed by atoms with Gasteiger partial charge in [-0.1, -0.05) is 20.8 Å². The first-order valence-electron chi connectivity index (χ1n) is 19.6.